The van der Waals surface area contributed by atoms with Crippen molar-refractivity contribution in [3.05, 3.63) is 45.6 Å². The average molecular weight is 520 g/mol. The summed E-state index contributed by atoms with van der Waals surface area (Å²) in [6.07, 6.45) is 7.68. The number of pyridine rings is 2. The Balaban J connectivity index is 0.000000187. The molecular formula is C19H26Br2ClN5. The van der Waals surface area contributed by atoms with Crippen molar-refractivity contribution >= 4 is 55.9 Å². The summed E-state index contributed by atoms with van der Waals surface area (Å²) in [4.78, 5) is 13.4. The third-order valence-electron chi connectivity index (χ3n) is 4.54. The zero-order valence-corrected chi connectivity index (χ0v) is 19.3. The highest BCUT2D eigenvalue weighted by Gasteiger charge is 2.11. The number of anilines is 2. The molecule has 0 bridgehead atoms. The first kappa shape index (κ1) is 22.4. The van der Waals surface area contributed by atoms with E-state index in [2.05, 4.69) is 75.1 Å². The van der Waals surface area contributed by atoms with E-state index in [0.29, 0.717) is 0 Å². The first-order valence-electron chi connectivity index (χ1n) is 9.16. The van der Waals surface area contributed by atoms with Gasteiger partial charge in [-0.05, 0) is 75.4 Å². The van der Waals surface area contributed by atoms with Gasteiger partial charge in [0.15, 0.2) is 0 Å². The Labute approximate surface area is 184 Å². The Bertz CT molecular complexity index is 597. The van der Waals surface area contributed by atoms with Crippen LogP contribution >= 0.6 is 44.3 Å². The Kier molecular flexibility index (Phi) is 9.82. The van der Waals surface area contributed by atoms with Crippen molar-refractivity contribution in [2.45, 2.75) is 19.3 Å². The van der Waals surface area contributed by atoms with Gasteiger partial charge < -0.3 is 15.1 Å². The monoisotopic (exact) mass is 517 g/mol. The summed E-state index contributed by atoms with van der Waals surface area (Å²) in [6.45, 7) is 6.53. The number of piperidine rings is 1. The normalized spacial score (nSPS) is 16.8. The fourth-order valence-corrected chi connectivity index (χ4v) is 3.60. The van der Waals surface area contributed by atoms with E-state index in [4.69, 9.17) is 0 Å². The van der Waals surface area contributed by atoms with Crippen molar-refractivity contribution in [3.8, 4) is 0 Å². The molecular weight excluding hydrogens is 494 g/mol. The second-order valence-electron chi connectivity index (χ2n) is 6.45. The van der Waals surface area contributed by atoms with Crippen LogP contribution in [0.3, 0.4) is 0 Å². The van der Waals surface area contributed by atoms with Crippen LogP contribution < -0.4 is 15.1 Å². The maximum absolute atomic E-state index is 4.38. The molecule has 0 aliphatic carbocycles. The van der Waals surface area contributed by atoms with Gasteiger partial charge in [-0.1, -0.05) is 0 Å². The molecule has 0 atom stereocenters. The zero-order valence-electron chi connectivity index (χ0n) is 15.3. The minimum absolute atomic E-state index is 0. The standard InChI is InChI=1S/C10H13BrN2.C9H12BrN3.ClH/c11-9-4-5-10(12-8-9)13-6-2-1-3-7-13;10-8-1-2-9(12-7-8)13-5-3-11-4-6-13;/h4-5,8H,1-3,6-7H2;1-2,7,11H,3-6H2;1H. The molecule has 8 heteroatoms. The third-order valence-corrected chi connectivity index (χ3v) is 5.48. The summed E-state index contributed by atoms with van der Waals surface area (Å²) < 4.78 is 2.08. The molecule has 0 radical (unpaired) electrons. The van der Waals surface area contributed by atoms with Gasteiger partial charge in [0.25, 0.3) is 0 Å². The van der Waals surface area contributed by atoms with Gasteiger partial charge in [0.1, 0.15) is 11.6 Å². The van der Waals surface area contributed by atoms with Gasteiger partial charge in [0.2, 0.25) is 0 Å². The number of hydrogen-bond acceptors (Lipinski definition) is 5. The second-order valence-corrected chi connectivity index (χ2v) is 8.29. The molecule has 0 aromatic carbocycles. The van der Waals surface area contributed by atoms with Crippen LogP contribution in [0.5, 0.6) is 0 Å². The molecule has 2 aliphatic rings. The number of nitrogens with zero attached hydrogens (tertiary/aromatic N) is 4. The van der Waals surface area contributed by atoms with Crippen LogP contribution in [-0.4, -0.2) is 49.2 Å². The van der Waals surface area contributed by atoms with Crippen LogP contribution in [0.4, 0.5) is 11.6 Å². The lowest BCUT2D eigenvalue weighted by Gasteiger charge is -2.28. The Morgan fingerprint density at radius 3 is 1.63 bits per heavy atom. The second kappa shape index (κ2) is 11.8. The lowest BCUT2D eigenvalue weighted by atomic mass is 10.1. The maximum atomic E-state index is 4.38. The van der Waals surface area contributed by atoms with Crippen LogP contribution in [0.1, 0.15) is 19.3 Å². The van der Waals surface area contributed by atoms with E-state index in [9.17, 15) is 0 Å². The van der Waals surface area contributed by atoms with Gasteiger partial charge in [-0.3, -0.25) is 0 Å². The summed E-state index contributed by atoms with van der Waals surface area (Å²) in [7, 11) is 0. The molecule has 1 N–H and O–H groups in total. The van der Waals surface area contributed by atoms with E-state index < -0.39 is 0 Å². The molecule has 0 saturated carbocycles. The lowest BCUT2D eigenvalue weighted by Crippen LogP contribution is -2.43. The van der Waals surface area contributed by atoms with E-state index >= 15 is 0 Å². The van der Waals surface area contributed by atoms with Crippen molar-refractivity contribution in [1.29, 1.82) is 0 Å². The van der Waals surface area contributed by atoms with Crippen molar-refractivity contribution in [1.82, 2.24) is 15.3 Å². The van der Waals surface area contributed by atoms with Crippen molar-refractivity contribution < 1.29 is 0 Å². The van der Waals surface area contributed by atoms with Crippen LogP contribution in [0, 0.1) is 0 Å². The first-order chi connectivity index (χ1) is 12.7. The number of rotatable bonds is 2. The number of aromatic nitrogens is 2. The van der Waals surface area contributed by atoms with Crippen LogP contribution in [0.15, 0.2) is 45.6 Å². The number of piperazine rings is 1. The molecule has 0 amide bonds. The summed E-state index contributed by atoms with van der Waals surface area (Å²) in [5.41, 5.74) is 0. The average Bonchev–Trinajstić information content (AvgIpc) is 2.71. The molecule has 0 unspecified atom stereocenters. The first-order valence-corrected chi connectivity index (χ1v) is 10.7. The smallest absolute Gasteiger partial charge is 0.128 e. The molecule has 2 aromatic rings. The zero-order chi connectivity index (χ0) is 18.2. The highest BCUT2D eigenvalue weighted by Crippen LogP contribution is 2.19. The minimum Gasteiger partial charge on any atom is -0.357 e. The summed E-state index contributed by atoms with van der Waals surface area (Å²) in [6, 6.07) is 8.21. The summed E-state index contributed by atoms with van der Waals surface area (Å²) in [5, 5.41) is 3.32. The van der Waals surface area contributed by atoms with Gasteiger partial charge >= 0.3 is 0 Å². The Morgan fingerprint density at radius 2 is 1.19 bits per heavy atom. The molecule has 5 nitrogen and oxygen atoms in total. The fraction of sp³-hybridized carbons (Fsp3) is 0.474. The summed E-state index contributed by atoms with van der Waals surface area (Å²) >= 11 is 6.76. The molecule has 2 fully saturated rings. The van der Waals surface area contributed by atoms with E-state index in [1.807, 2.05) is 18.5 Å². The number of halogens is 3. The molecule has 27 heavy (non-hydrogen) atoms. The number of nitrogens with one attached hydrogen (secondary N) is 1. The van der Waals surface area contributed by atoms with Gasteiger partial charge in [-0.15, -0.1) is 12.4 Å². The van der Waals surface area contributed by atoms with Crippen molar-refractivity contribution in [2.75, 3.05) is 49.1 Å². The molecule has 0 spiro atoms. The van der Waals surface area contributed by atoms with Gasteiger partial charge in [0, 0.05) is 60.6 Å². The fourth-order valence-electron chi connectivity index (χ4n) is 3.13. The Morgan fingerprint density at radius 1 is 0.704 bits per heavy atom. The predicted octanol–water partition coefficient (Wildman–Crippen LogP) is 4.51. The van der Waals surface area contributed by atoms with E-state index in [-0.39, 0.29) is 12.4 Å². The van der Waals surface area contributed by atoms with Crippen molar-refractivity contribution in [2.24, 2.45) is 0 Å². The molecule has 148 valence electrons. The van der Waals surface area contributed by atoms with E-state index in [1.54, 1.807) is 0 Å². The minimum atomic E-state index is 0. The molecule has 4 rings (SSSR count). The van der Waals surface area contributed by atoms with Gasteiger partial charge in [-0.25, -0.2) is 9.97 Å². The van der Waals surface area contributed by atoms with E-state index in [1.165, 1.54) is 19.3 Å². The predicted molar refractivity (Wildman–Crippen MR) is 122 cm³/mol. The highest BCUT2D eigenvalue weighted by atomic mass is 79.9. The topological polar surface area (TPSA) is 44.3 Å². The van der Waals surface area contributed by atoms with Gasteiger partial charge in [0.05, 0.1) is 0 Å². The highest BCUT2D eigenvalue weighted by molar-refractivity contribution is 9.10. The molecule has 2 saturated heterocycles. The van der Waals surface area contributed by atoms with E-state index in [0.717, 1.165) is 59.8 Å². The maximum Gasteiger partial charge on any atom is 0.128 e. The SMILES string of the molecule is Brc1ccc(N2CCCCC2)nc1.Brc1ccc(N2CCNCC2)nc1.Cl. The lowest BCUT2D eigenvalue weighted by molar-refractivity contribution is 0.573. The Hall–Kier alpha value is -0.890. The summed E-state index contributed by atoms with van der Waals surface area (Å²) in [5.74, 6) is 2.19. The van der Waals surface area contributed by atoms with Crippen LogP contribution in [-0.2, 0) is 0 Å². The third kappa shape index (κ3) is 7.22. The molecule has 4 heterocycles. The quantitative estimate of drug-likeness (QED) is 0.633. The van der Waals surface area contributed by atoms with Crippen molar-refractivity contribution in [3.63, 3.8) is 0 Å². The van der Waals surface area contributed by atoms with Crippen LogP contribution in [0.25, 0.3) is 0 Å². The molecule has 2 aliphatic heterocycles. The largest absolute Gasteiger partial charge is 0.357 e. The number of hydrogen-bond donors (Lipinski definition) is 1. The van der Waals surface area contributed by atoms with Gasteiger partial charge in [-0.2, -0.15) is 0 Å². The molecule has 2 aromatic heterocycles. The van der Waals surface area contributed by atoms with Crippen LogP contribution in [0.2, 0.25) is 0 Å².